The molecule has 0 aromatic heterocycles. The summed E-state index contributed by atoms with van der Waals surface area (Å²) in [5, 5.41) is 3.29. The molecule has 2 aromatic carbocycles. The quantitative estimate of drug-likeness (QED) is 0.448. The largest absolute Gasteiger partial charge is 0.457 e. The standard InChI is InChI=1S/C29H41N3O4S/c1-21-17-26(31-37(3,34)35)18-22(2)29(21)36-27-11-9-24(10-12-27)20-32-15-13-25(14-16-32)30-28(33)19-23-7-5-4-6-8-23/h9-12,17-18,23,25,31H,4-8,13-16,19-20H2,1-3H3,(H,30,33). The monoisotopic (exact) mass is 527 g/mol. The third-order valence-corrected chi connectivity index (χ3v) is 8.07. The Morgan fingerprint density at radius 2 is 1.59 bits per heavy atom. The maximum atomic E-state index is 12.5. The van der Waals surface area contributed by atoms with Crippen molar-refractivity contribution in [3.8, 4) is 11.5 Å². The lowest BCUT2D eigenvalue weighted by Crippen LogP contribution is -2.44. The number of sulfonamides is 1. The first-order valence-electron chi connectivity index (χ1n) is 13.5. The van der Waals surface area contributed by atoms with Crippen molar-refractivity contribution < 1.29 is 17.9 Å². The van der Waals surface area contributed by atoms with Crippen LogP contribution in [0.2, 0.25) is 0 Å². The van der Waals surface area contributed by atoms with Crippen molar-refractivity contribution in [2.75, 3.05) is 24.1 Å². The van der Waals surface area contributed by atoms with E-state index >= 15 is 0 Å². The predicted molar refractivity (Wildman–Crippen MR) is 149 cm³/mol. The number of nitrogens with one attached hydrogen (secondary N) is 2. The second-order valence-corrected chi connectivity index (χ2v) is 12.6. The number of hydrogen-bond donors (Lipinski definition) is 2. The second kappa shape index (κ2) is 12.3. The van der Waals surface area contributed by atoms with Crippen LogP contribution in [0.25, 0.3) is 0 Å². The van der Waals surface area contributed by atoms with Crippen molar-refractivity contribution in [1.82, 2.24) is 10.2 Å². The van der Waals surface area contributed by atoms with Gasteiger partial charge in [-0.15, -0.1) is 0 Å². The third-order valence-electron chi connectivity index (χ3n) is 7.46. The number of hydrogen-bond acceptors (Lipinski definition) is 5. The van der Waals surface area contributed by atoms with Gasteiger partial charge in [-0.2, -0.15) is 0 Å². The van der Waals surface area contributed by atoms with Crippen molar-refractivity contribution in [2.45, 2.75) is 77.8 Å². The minimum absolute atomic E-state index is 0.243. The molecule has 1 aliphatic carbocycles. The van der Waals surface area contributed by atoms with Gasteiger partial charge in [-0.05, 0) is 86.4 Å². The normalized spacial score (nSPS) is 17.9. The van der Waals surface area contributed by atoms with E-state index in [9.17, 15) is 13.2 Å². The van der Waals surface area contributed by atoms with E-state index in [1.54, 1.807) is 12.1 Å². The fourth-order valence-corrected chi connectivity index (χ4v) is 6.14. The van der Waals surface area contributed by atoms with Crippen molar-refractivity contribution >= 4 is 21.6 Å². The number of nitrogens with zero attached hydrogens (tertiary/aromatic N) is 1. The molecule has 4 rings (SSSR count). The molecule has 2 aromatic rings. The van der Waals surface area contributed by atoms with Gasteiger partial charge in [0, 0.05) is 37.8 Å². The summed E-state index contributed by atoms with van der Waals surface area (Å²) in [6, 6.07) is 12.0. The zero-order chi connectivity index (χ0) is 26.4. The third kappa shape index (κ3) is 8.47. The van der Waals surface area contributed by atoms with Crippen molar-refractivity contribution in [3.05, 3.63) is 53.1 Å². The summed E-state index contributed by atoms with van der Waals surface area (Å²) in [7, 11) is -3.33. The molecule has 2 fully saturated rings. The maximum Gasteiger partial charge on any atom is 0.229 e. The highest BCUT2D eigenvalue weighted by Gasteiger charge is 2.23. The van der Waals surface area contributed by atoms with Crippen molar-refractivity contribution in [2.24, 2.45) is 5.92 Å². The predicted octanol–water partition coefficient (Wildman–Crippen LogP) is 5.52. The number of carbonyl (C=O) groups is 1. The Bertz CT molecular complexity index is 1140. The molecule has 2 aliphatic rings. The van der Waals surface area contributed by atoms with Crippen LogP contribution in [0.1, 0.15) is 68.1 Å². The first kappa shape index (κ1) is 27.5. The lowest BCUT2D eigenvalue weighted by molar-refractivity contribution is -0.123. The topological polar surface area (TPSA) is 87.7 Å². The number of amides is 1. The van der Waals surface area contributed by atoms with E-state index in [0.717, 1.165) is 61.4 Å². The lowest BCUT2D eigenvalue weighted by atomic mass is 9.86. The number of likely N-dealkylation sites (tertiary alicyclic amines) is 1. The molecule has 0 spiro atoms. The Kier molecular flexibility index (Phi) is 9.13. The fourth-order valence-electron chi connectivity index (χ4n) is 5.60. The van der Waals surface area contributed by atoms with Gasteiger partial charge in [0.15, 0.2) is 0 Å². The summed E-state index contributed by atoms with van der Waals surface area (Å²) in [6.45, 7) is 6.67. The molecule has 1 saturated carbocycles. The minimum atomic E-state index is -3.33. The molecule has 1 aliphatic heterocycles. The molecule has 202 valence electrons. The summed E-state index contributed by atoms with van der Waals surface area (Å²) in [5.74, 6) is 2.31. The number of carbonyl (C=O) groups excluding carboxylic acids is 1. The Balaban J connectivity index is 1.24. The van der Waals surface area contributed by atoms with Crippen LogP contribution in [-0.4, -0.2) is 44.6 Å². The van der Waals surface area contributed by atoms with E-state index in [-0.39, 0.29) is 5.91 Å². The SMILES string of the molecule is Cc1cc(NS(C)(=O)=O)cc(C)c1Oc1ccc(CN2CCC(NC(=O)CC3CCCCC3)CC2)cc1. The van der Waals surface area contributed by atoms with Gasteiger partial charge in [-0.1, -0.05) is 31.4 Å². The summed E-state index contributed by atoms with van der Waals surface area (Å²) in [5.41, 5.74) is 3.49. The highest BCUT2D eigenvalue weighted by Crippen LogP contribution is 2.32. The van der Waals surface area contributed by atoms with Gasteiger partial charge in [-0.25, -0.2) is 8.42 Å². The number of aryl methyl sites for hydroxylation is 2. The molecular formula is C29H41N3O4S. The molecule has 8 heteroatoms. The highest BCUT2D eigenvalue weighted by atomic mass is 32.2. The molecule has 1 heterocycles. The van der Waals surface area contributed by atoms with E-state index < -0.39 is 10.0 Å². The molecule has 0 radical (unpaired) electrons. The lowest BCUT2D eigenvalue weighted by Gasteiger charge is -2.33. The first-order valence-corrected chi connectivity index (χ1v) is 15.4. The molecule has 1 saturated heterocycles. The fraction of sp³-hybridized carbons (Fsp3) is 0.552. The van der Waals surface area contributed by atoms with E-state index in [0.29, 0.717) is 24.1 Å². The Morgan fingerprint density at radius 1 is 0.973 bits per heavy atom. The van der Waals surface area contributed by atoms with Crippen LogP contribution in [0.5, 0.6) is 11.5 Å². The number of benzene rings is 2. The van der Waals surface area contributed by atoms with Crippen molar-refractivity contribution in [1.29, 1.82) is 0 Å². The molecular weight excluding hydrogens is 486 g/mol. The van der Waals surface area contributed by atoms with E-state index in [4.69, 9.17) is 4.74 Å². The van der Waals surface area contributed by atoms with E-state index in [1.807, 2.05) is 26.0 Å². The molecule has 1 amide bonds. The average Bonchev–Trinajstić information content (AvgIpc) is 2.83. The molecule has 2 N–H and O–H groups in total. The van der Waals surface area contributed by atoms with Crippen LogP contribution in [0.15, 0.2) is 36.4 Å². The first-order chi connectivity index (χ1) is 17.6. The van der Waals surface area contributed by atoms with Gasteiger partial charge in [0.1, 0.15) is 11.5 Å². The average molecular weight is 528 g/mol. The van der Waals surface area contributed by atoms with Crippen LogP contribution in [0.4, 0.5) is 5.69 Å². The summed E-state index contributed by atoms with van der Waals surface area (Å²) in [6.07, 6.45) is 10.2. The van der Waals surface area contributed by atoms with Crippen LogP contribution >= 0.6 is 0 Å². The molecule has 37 heavy (non-hydrogen) atoms. The number of ether oxygens (including phenoxy) is 1. The van der Waals surface area contributed by atoms with Gasteiger partial charge >= 0.3 is 0 Å². The summed E-state index contributed by atoms with van der Waals surface area (Å²) >= 11 is 0. The van der Waals surface area contributed by atoms with Crippen LogP contribution in [0.3, 0.4) is 0 Å². The smallest absolute Gasteiger partial charge is 0.229 e. The second-order valence-electron chi connectivity index (χ2n) is 10.9. The van der Waals surface area contributed by atoms with E-state index in [1.165, 1.54) is 37.7 Å². The Hall–Kier alpha value is -2.58. The van der Waals surface area contributed by atoms with Gasteiger partial charge in [0.05, 0.1) is 6.26 Å². The molecule has 0 atom stereocenters. The minimum Gasteiger partial charge on any atom is -0.457 e. The van der Waals surface area contributed by atoms with Crippen LogP contribution in [0, 0.1) is 19.8 Å². The van der Waals surface area contributed by atoms with Gasteiger partial charge < -0.3 is 10.1 Å². The van der Waals surface area contributed by atoms with Crippen LogP contribution < -0.4 is 14.8 Å². The van der Waals surface area contributed by atoms with Gasteiger partial charge in [-0.3, -0.25) is 14.4 Å². The Morgan fingerprint density at radius 3 is 2.19 bits per heavy atom. The summed E-state index contributed by atoms with van der Waals surface area (Å²) < 4.78 is 31.7. The molecule has 7 nitrogen and oxygen atoms in total. The van der Waals surface area contributed by atoms with Gasteiger partial charge in [0.25, 0.3) is 0 Å². The number of piperidine rings is 1. The molecule has 0 bridgehead atoms. The number of rotatable bonds is 9. The highest BCUT2D eigenvalue weighted by molar-refractivity contribution is 7.92. The zero-order valence-electron chi connectivity index (χ0n) is 22.4. The molecule has 0 unspecified atom stereocenters. The maximum absolute atomic E-state index is 12.5. The summed E-state index contributed by atoms with van der Waals surface area (Å²) in [4.78, 5) is 14.9. The number of anilines is 1. The van der Waals surface area contributed by atoms with Crippen LogP contribution in [-0.2, 0) is 21.4 Å². The van der Waals surface area contributed by atoms with E-state index in [2.05, 4.69) is 27.1 Å². The Labute approximate surface area is 222 Å². The zero-order valence-corrected chi connectivity index (χ0v) is 23.2. The van der Waals surface area contributed by atoms with Gasteiger partial charge in [0.2, 0.25) is 15.9 Å². The van der Waals surface area contributed by atoms with Crippen molar-refractivity contribution in [3.63, 3.8) is 0 Å².